The normalized spacial score (nSPS) is 12.5. The third-order valence-corrected chi connectivity index (χ3v) is 5.03. The van der Waals surface area contributed by atoms with Gasteiger partial charge in [0.15, 0.2) is 6.23 Å². The maximum absolute atomic E-state index is 6.00. The number of halogens is 1. The van der Waals surface area contributed by atoms with Crippen LogP contribution in [0.2, 0.25) is 0 Å². The highest BCUT2D eigenvalue weighted by molar-refractivity contribution is 5.20. The summed E-state index contributed by atoms with van der Waals surface area (Å²) >= 11 is 0. The lowest BCUT2D eigenvalue weighted by atomic mass is 10.1. The number of ether oxygens (including phenoxy) is 2. The van der Waals surface area contributed by atoms with Crippen LogP contribution >= 0.6 is 0 Å². The molecular weight excluding hydrogens is 346 g/mol. The summed E-state index contributed by atoms with van der Waals surface area (Å²) in [7, 11) is 4.54. The number of benzene rings is 1. The lowest BCUT2D eigenvalue weighted by Crippen LogP contribution is -3.00. The zero-order valence-corrected chi connectivity index (χ0v) is 18.1. The highest BCUT2D eigenvalue weighted by Gasteiger charge is 2.23. The van der Waals surface area contributed by atoms with Crippen molar-refractivity contribution in [2.45, 2.75) is 71.4 Å². The topological polar surface area (TPSA) is 18.5 Å². The zero-order valence-electron chi connectivity index (χ0n) is 17.4. The monoisotopic (exact) mass is 385 g/mol. The Morgan fingerprint density at radius 1 is 0.846 bits per heavy atom. The molecule has 0 fully saturated rings. The molecule has 0 aliphatic heterocycles. The van der Waals surface area contributed by atoms with E-state index in [-0.39, 0.29) is 18.6 Å². The Morgan fingerprint density at radius 3 is 2.04 bits per heavy atom. The first-order chi connectivity index (χ1) is 12.1. The minimum Gasteiger partial charge on any atom is -1.00 e. The minimum atomic E-state index is 0. The van der Waals surface area contributed by atoms with E-state index in [1.807, 2.05) is 30.3 Å². The number of quaternary nitrogens is 1. The Labute approximate surface area is 168 Å². The molecule has 0 heterocycles. The van der Waals surface area contributed by atoms with Crippen molar-refractivity contribution >= 4 is 0 Å². The summed E-state index contributed by atoms with van der Waals surface area (Å²) in [5.41, 5.74) is 0. The molecule has 0 N–H and O–H groups in total. The number of para-hydroxylation sites is 1. The van der Waals surface area contributed by atoms with Crippen LogP contribution in [0.3, 0.4) is 0 Å². The second-order valence-corrected chi connectivity index (χ2v) is 7.61. The van der Waals surface area contributed by atoms with E-state index in [9.17, 15) is 0 Å². The van der Waals surface area contributed by atoms with Gasteiger partial charge in [-0.3, -0.25) is 0 Å². The van der Waals surface area contributed by atoms with E-state index in [1.54, 1.807) is 0 Å². The van der Waals surface area contributed by atoms with Crippen molar-refractivity contribution in [1.82, 2.24) is 0 Å². The lowest BCUT2D eigenvalue weighted by Gasteiger charge is -2.35. The molecule has 0 spiro atoms. The van der Waals surface area contributed by atoms with Gasteiger partial charge in [0.1, 0.15) is 12.4 Å². The number of hydrogen-bond donors (Lipinski definition) is 0. The van der Waals surface area contributed by atoms with Gasteiger partial charge in [-0.15, -0.1) is 0 Å². The summed E-state index contributed by atoms with van der Waals surface area (Å²) in [6.45, 7) is 6.86. The van der Waals surface area contributed by atoms with Crippen LogP contribution in [-0.2, 0) is 4.74 Å². The molecule has 0 amide bonds. The van der Waals surface area contributed by atoms with Crippen molar-refractivity contribution in [2.24, 2.45) is 0 Å². The van der Waals surface area contributed by atoms with Crippen LogP contribution in [0.4, 0.5) is 0 Å². The number of nitrogens with zero attached hydrogens (tertiary/aromatic N) is 1. The van der Waals surface area contributed by atoms with E-state index < -0.39 is 0 Å². The molecule has 1 aromatic carbocycles. The van der Waals surface area contributed by atoms with Gasteiger partial charge in [-0.05, 0) is 25.0 Å². The first kappa shape index (κ1) is 25.2. The Hall–Kier alpha value is -0.770. The molecule has 152 valence electrons. The number of hydrogen-bond acceptors (Lipinski definition) is 2. The standard InChI is InChI=1S/C22H40NO2.ClH/c1-5-6-7-8-9-10-11-15-18-23(3,4)21(2)24-19-20-25-22-16-13-12-14-17-22;/h12-14,16-17,21H,5-11,15,18-20H2,1-4H3;1H/q+1;/p-1. The molecule has 0 aliphatic carbocycles. The van der Waals surface area contributed by atoms with Gasteiger partial charge in [0.25, 0.3) is 0 Å². The first-order valence-corrected chi connectivity index (χ1v) is 10.2. The van der Waals surface area contributed by atoms with Gasteiger partial charge in [-0.25, -0.2) is 0 Å². The smallest absolute Gasteiger partial charge is 0.190 e. The van der Waals surface area contributed by atoms with Gasteiger partial charge in [-0.1, -0.05) is 63.6 Å². The summed E-state index contributed by atoms with van der Waals surface area (Å²) in [5, 5.41) is 0. The maximum atomic E-state index is 6.00. The molecular formula is C22H40ClNO2. The quantitative estimate of drug-likeness (QED) is 0.262. The minimum absolute atomic E-state index is 0. The number of unbranched alkanes of at least 4 members (excludes halogenated alkanes) is 7. The third-order valence-electron chi connectivity index (χ3n) is 5.03. The average molecular weight is 386 g/mol. The second kappa shape index (κ2) is 15.3. The van der Waals surface area contributed by atoms with E-state index in [1.165, 1.54) is 57.9 Å². The van der Waals surface area contributed by atoms with E-state index in [0.717, 1.165) is 10.2 Å². The van der Waals surface area contributed by atoms with Gasteiger partial charge < -0.3 is 26.4 Å². The molecule has 0 bridgehead atoms. The fraction of sp³-hybridized carbons (Fsp3) is 0.727. The molecule has 1 unspecified atom stereocenters. The highest BCUT2D eigenvalue weighted by atomic mass is 35.5. The fourth-order valence-corrected chi connectivity index (χ4v) is 2.93. The molecule has 0 aromatic heterocycles. The van der Waals surface area contributed by atoms with Gasteiger partial charge in [0, 0.05) is 6.92 Å². The van der Waals surface area contributed by atoms with E-state index >= 15 is 0 Å². The first-order valence-electron chi connectivity index (χ1n) is 10.2. The zero-order chi connectivity index (χ0) is 18.4. The summed E-state index contributed by atoms with van der Waals surface area (Å²) < 4.78 is 12.6. The molecule has 1 rings (SSSR count). The van der Waals surface area contributed by atoms with Crippen LogP contribution in [0.5, 0.6) is 5.75 Å². The van der Waals surface area contributed by atoms with Crippen LogP contribution in [-0.4, -0.2) is 44.6 Å². The second-order valence-electron chi connectivity index (χ2n) is 7.61. The molecule has 0 aliphatic rings. The van der Waals surface area contributed by atoms with Gasteiger partial charge in [0.2, 0.25) is 0 Å². The Balaban J connectivity index is 0.00000625. The summed E-state index contributed by atoms with van der Waals surface area (Å²) in [5.74, 6) is 0.909. The Morgan fingerprint density at radius 2 is 1.42 bits per heavy atom. The molecule has 3 nitrogen and oxygen atoms in total. The van der Waals surface area contributed by atoms with E-state index in [2.05, 4.69) is 27.9 Å². The average Bonchev–Trinajstić information content (AvgIpc) is 2.61. The summed E-state index contributed by atoms with van der Waals surface area (Å²) in [4.78, 5) is 0. The van der Waals surface area contributed by atoms with E-state index in [4.69, 9.17) is 9.47 Å². The molecule has 0 saturated carbocycles. The predicted molar refractivity (Wildman–Crippen MR) is 107 cm³/mol. The third kappa shape index (κ3) is 11.8. The van der Waals surface area contributed by atoms with E-state index in [0.29, 0.717) is 13.2 Å². The van der Waals surface area contributed by atoms with Crippen LogP contribution < -0.4 is 17.1 Å². The largest absolute Gasteiger partial charge is 1.00 e. The fourth-order valence-electron chi connectivity index (χ4n) is 2.93. The molecule has 26 heavy (non-hydrogen) atoms. The molecule has 1 aromatic rings. The SMILES string of the molecule is CCCCCCCCCC[N+](C)(C)C(C)OCCOc1ccccc1.[Cl-]. The van der Waals surface area contributed by atoms with Gasteiger partial charge >= 0.3 is 0 Å². The van der Waals surface area contributed by atoms with Crippen LogP contribution in [0, 0.1) is 0 Å². The lowest BCUT2D eigenvalue weighted by molar-refractivity contribution is -0.935. The summed E-state index contributed by atoms with van der Waals surface area (Å²) in [6.07, 6.45) is 11.2. The Kier molecular flexibility index (Phi) is 14.9. The van der Waals surface area contributed by atoms with Crippen LogP contribution in [0.25, 0.3) is 0 Å². The maximum Gasteiger partial charge on any atom is 0.190 e. The van der Waals surface area contributed by atoms with Gasteiger partial charge in [0.05, 0.1) is 27.2 Å². The van der Waals surface area contributed by atoms with Crippen molar-refractivity contribution in [3.05, 3.63) is 30.3 Å². The molecule has 1 atom stereocenters. The van der Waals surface area contributed by atoms with Crippen molar-refractivity contribution in [1.29, 1.82) is 0 Å². The van der Waals surface area contributed by atoms with Crippen molar-refractivity contribution in [3.63, 3.8) is 0 Å². The van der Waals surface area contributed by atoms with Crippen molar-refractivity contribution in [3.8, 4) is 5.75 Å². The van der Waals surface area contributed by atoms with Gasteiger partial charge in [-0.2, -0.15) is 0 Å². The number of rotatable bonds is 15. The molecule has 4 heteroatoms. The molecule has 0 saturated heterocycles. The predicted octanol–water partition coefficient (Wildman–Crippen LogP) is 2.65. The Bertz CT molecular complexity index is 425. The highest BCUT2D eigenvalue weighted by Crippen LogP contribution is 2.14. The van der Waals surface area contributed by atoms with Crippen molar-refractivity contribution in [2.75, 3.05) is 33.9 Å². The molecule has 0 radical (unpaired) electrons. The van der Waals surface area contributed by atoms with Crippen LogP contribution in [0.15, 0.2) is 30.3 Å². The van der Waals surface area contributed by atoms with Crippen molar-refractivity contribution < 1.29 is 26.4 Å². The summed E-state index contributed by atoms with van der Waals surface area (Å²) in [6, 6.07) is 9.93. The van der Waals surface area contributed by atoms with Crippen LogP contribution in [0.1, 0.15) is 65.2 Å².